The van der Waals surface area contributed by atoms with Gasteiger partial charge in [0.05, 0.1) is 5.41 Å². The number of para-hydroxylation sites is 2. The topological polar surface area (TPSA) is 26.3 Å². The van der Waals surface area contributed by atoms with Gasteiger partial charge in [0.25, 0.3) is 0 Å². The second kappa shape index (κ2) is 17.0. The lowest BCUT2D eigenvalue weighted by molar-refractivity contribution is 0.646. The quantitative estimate of drug-likeness (QED) is 0.152. The standard InChI is InChI=1S/C78H60O2/c1-46-30-33-54(47(2)38-46)51(39-48-31-34-55-60-44-65-61(45-64(60)77(5,6)63(55)41-48)72-62(76(65,3)4)36-37-70-73(72)57-26-16-18-28-68(57)79-70)40-49-32-35-56-66(42-49)78(52-22-12-8-13-23-52,53-24-14-9-15-25-53)67-43-59(50-20-10-7-11-21-50)75-74(71(56)67)58-27-17-19-29-69(58)80-75/h7-38,41-45,51H,39-40H2,1-6H3. The number of aryl methyl sites for hydroxylation is 2. The van der Waals surface area contributed by atoms with E-state index in [9.17, 15) is 0 Å². The lowest BCUT2D eigenvalue weighted by atomic mass is 9.67. The van der Waals surface area contributed by atoms with Gasteiger partial charge >= 0.3 is 0 Å². The normalized spacial score (nSPS) is 15.2. The smallest absolute Gasteiger partial charge is 0.143 e. The minimum Gasteiger partial charge on any atom is -0.456 e. The van der Waals surface area contributed by atoms with E-state index >= 15 is 0 Å². The van der Waals surface area contributed by atoms with Crippen LogP contribution in [-0.2, 0) is 29.1 Å². The van der Waals surface area contributed by atoms with Crippen molar-refractivity contribution < 1.29 is 8.83 Å². The molecule has 2 nitrogen and oxygen atoms in total. The fourth-order valence-electron chi connectivity index (χ4n) is 15.5. The van der Waals surface area contributed by atoms with E-state index in [1.165, 1.54) is 122 Å². The Morgan fingerprint density at radius 3 is 1.60 bits per heavy atom. The highest BCUT2D eigenvalue weighted by Crippen LogP contribution is 2.62. The van der Waals surface area contributed by atoms with Crippen molar-refractivity contribution in [2.45, 2.75) is 76.5 Å². The maximum absolute atomic E-state index is 6.98. The summed E-state index contributed by atoms with van der Waals surface area (Å²) in [5.74, 6) is 0.215. The molecule has 0 N–H and O–H groups in total. The summed E-state index contributed by atoms with van der Waals surface area (Å²) in [7, 11) is 0. The molecule has 13 aromatic rings. The average molecular weight is 1030 g/mol. The van der Waals surface area contributed by atoms with Crippen LogP contribution >= 0.6 is 0 Å². The van der Waals surface area contributed by atoms with Gasteiger partial charge < -0.3 is 8.83 Å². The Morgan fingerprint density at radius 2 is 0.912 bits per heavy atom. The zero-order valence-corrected chi connectivity index (χ0v) is 46.2. The van der Waals surface area contributed by atoms with E-state index in [0.717, 1.165) is 51.7 Å². The molecule has 3 aliphatic rings. The fourth-order valence-corrected chi connectivity index (χ4v) is 15.5. The molecule has 2 heterocycles. The number of furan rings is 2. The molecular weight excluding hydrogens is 969 g/mol. The molecule has 0 radical (unpaired) electrons. The van der Waals surface area contributed by atoms with Gasteiger partial charge in [-0.1, -0.05) is 221 Å². The first kappa shape index (κ1) is 47.1. The largest absolute Gasteiger partial charge is 0.456 e. The molecule has 1 unspecified atom stereocenters. The van der Waals surface area contributed by atoms with Gasteiger partial charge in [0, 0.05) is 37.9 Å². The van der Waals surface area contributed by atoms with Gasteiger partial charge in [-0.2, -0.15) is 0 Å². The number of rotatable bonds is 8. The van der Waals surface area contributed by atoms with Gasteiger partial charge in [-0.25, -0.2) is 0 Å². The summed E-state index contributed by atoms with van der Waals surface area (Å²) in [6, 6.07) is 84.6. The third-order valence-corrected chi connectivity index (χ3v) is 19.2. The summed E-state index contributed by atoms with van der Waals surface area (Å²) in [6.07, 6.45) is 1.79. The number of fused-ring (bicyclic) bond motifs is 17. The maximum Gasteiger partial charge on any atom is 0.143 e. The van der Waals surface area contributed by atoms with Crippen LogP contribution in [0.2, 0.25) is 0 Å². The van der Waals surface area contributed by atoms with Crippen molar-refractivity contribution in [1.82, 2.24) is 0 Å². The van der Waals surface area contributed by atoms with Crippen molar-refractivity contribution in [1.29, 1.82) is 0 Å². The molecule has 0 spiro atoms. The highest BCUT2D eigenvalue weighted by atomic mass is 16.3. The van der Waals surface area contributed by atoms with Gasteiger partial charge in [0.1, 0.15) is 22.3 Å². The van der Waals surface area contributed by atoms with Crippen LogP contribution in [0.5, 0.6) is 0 Å². The van der Waals surface area contributed by atoms with Crippen LogP contribution in [0.15, 0.2) is 233 Å². The van der Waals surface area contributed by atoms with Gasteiger partial charge in [-0.3, -0.25) is 0 Å². The number of hydrogen-bond acceptors (Lipinski definition) is 2. The van der Waals surface area contributed by atoms with Gasteiger partial charge in [-0.05, 0) is 175 Å². The zero-order chi connectivity index (χ0) is 53.8. The van der Waals surface area contributed by atoms with E-state index in [4.69, 9.17) is 8.83 Å². The molecule has 2 heteroatoms. The molecule has 16 rings (SSSR count). The van der Waals surface area contributed by atoms with E-state index in [2.05, 4.69) is 266 Å². The summed E-state index contributed by atoms with van der Waals surface area (Å²) in [5, 5.41) is 4.74. The van der Waals surface area contributed by atoms with E-state index in [1.54, 1.807) is 0 Å². The van der Waals surface area contributed by atoms with Gasteiger partial charge in [0.15, 0.2) is 0 Å². The Bertz CT molecular complexity index is 4680. The summed E-state index contributed by atoms with van der Waals surface area (Å²) in [5.41, 5.74) is 30.4. The molecule has 3 aliphatic carbocycles. The highest BCUT2D eigenvalue weighted by Gasteiger charge is 2.48. The van der Waals surface area contributed by atoms with Crippen LogP contribution < -0.4 is 0 Å². The van der Waals surface area contributed by atoms with Crippen LogP contribution in [-0.4, -0.2) is 0 Å². The first-order valence-electron chi connectivity index (χ1n) is 28.6. The minimum atomic E-state index is -0.620. The molecule has 0 fully saturated rings. The van der Waals surface area contributed by atoms with Crippen molar-refractivity contribution in [2.75, 3.05) is 0 Å². The monoisotopic (exact) mass is 1030 g/mol. The number of hydrogen-bond donors (Lipinski definition) is 0. The molecule has 0 saturated heterocycles. The Labute approximate surface area is 468 Å². The van der Waals surface area contributed by atoms with E-state index in [0.29, 0.717) is 0 Å². The minimum absolute atomic E-state index is 0.161. The third kappa shape index (κ3) is 6.54. The molecule has 0 bridgehead atoms. The Kier molecular flexibility index (Phi) is 10.0. The molecule has 80 heavy (non-hydrogen) atoms. The first-order chi connectivity index (χ1) is 39.0. The van der Waals surface area contributed by atoms with Crippen molar-refractivity contribution in [3.8, 4) is 44.5 Å². The van der Waals surface area contributed by atoms with E-state index in [1.807, 2.05) is 0 Å². The van der Waals surface area contributed by atoms with Crippen molar-refractivity contribution in [2.24, 2.45) is 0 Å². The van der Waals surface area contributed by atoms with Gasteiger partial charge in [-0.15, -0.1) is 0 Å². The lowest BCUT2D eigenvalue weighted by Gasteiger charge is -2.34. The highest BCUT2D eigenvalue weighted by molar-refractivity contribution is 6.19. The average Bonchev–Trinajstić information content (AvgIpc) is 3.55. The van der Waals surface area contributed by atoms with Crippen molar-refractivity contribution in [3.63, 3.8) is 0 Å². The second-order valence-electron chi connectivity index (χ2n) is 24.4. The molecule has 2 aromatic heterocycles. The molecule has 0 aliphatic heterocycles. The van der Waals surface area contributed by atoms with Crippen molar-refractivity contribution >= 4 is 43.9 Å². The summed E-state index contributed by atoms with van der Waals surface area (Å²) in [6.45, 7) is 14.2. The third-order valence-electron chi connectivity index (χ3n) is 19.2. The molecular formula is C78H60O2. The zero-order valence-electron chi connectivity index (χ0n) is 46.2. The SMILES string of the molecule is Cc1ccc(C(Cc2ccc3c(c2)C(C)(C)c2cc4c(cc2-3)C(C)(C)c2ccc3oc5ccccc5c3c2-4)Cc2ccc3c(c2)C(c2ccccc2)(c2ccccc2)c2cc(-c4ccccc4)c4oc5ccccc5c4c2-3)c(C)c1. The molecule has 1 atom stereocenters. The van der Waals surface area contributed by atoms with Crippen LogP contribution in [0.4, 0.5) is 0 Å². The fraction of sp³-hybridized carbons (Fsp3) is 0.154. The van der Waals surface area contributed by atoms with E-state index < -0.39 is 5.41 Å². The Morgan fingerprint density at radius 1 is 0.375 bits per heavy atom. The summed E-state index contributed by atoms with van der Waals surface area (Å²) >= 11 is 0. The first-order valence-corrected chi connectivity index (χ1v) is 28.6. The van der Waals surface area contributed by atoms with Crippen LogP contribution in [0.25, 0.3) is 88.4 Å². The number of benzene rings is 11. The predicted molar refractivity (Wildman–Crippen MR) is 331 cm³/mol. The maximum atomic E-state index is 6.98. The molecule has 0 saturated carbocycles. The Hall–Kier alpha value is -8.98. The lowest BCUT2D eigenvalue weighted by Crippen LogP contribution is -2.28. The second-order valence-corrected chi connectivity index (χ2v) is 24.4. The van der Waals surface area contributed by atoms with Crippen LogP contribution in [0, 0.1) is 13.8 Å². The van der Waals surface area contributed by atoms with Crippen molar-refractivity contribution in [3.05, 3.63) is 297 Å². The summed E-state index contributed by atoms with van der Waals surface area (Å²) in [4.78, 5) is 0. The Balaban J connectivity index is 0.843. The predicted octanol–water partition coefficient (Wildman–Crippen LogP) is 20.3. The van der Waals surface area contributed by atoms with Crippen LogP contribution in [0.3, 0.4) is 0 Å². The molecule has 0 amide bonds. The summed E-state index contributed by atoms with van der Waals surface area (Å²) < 4.78 is 13.5. The van der Waals surface area contributed by atoms with Crippen LogP contribution in [0.1, 0.15) is 106 Å². The van der Waals surface area contributed by atoms with E-state index in [-0.39, 0.29) is 16.7 Å². The molecule has 384 valence electrons. The molecule has 11 aromatic carbocycles. The van der Waals surface area contributed by atoms with Gasteiger partial charge in [0.2, 0.25) is 0 Å².